The van der Waals surface area contributed by atoms with Crippen LogP contribution in [0.5, 0.6) is 5.75 Å². The number of carboxylic acids is 1. The number of benzene rings is 2. The largest absolute Gasteiger partial charge is 0.481 e. The number of hydrogen-bond acceptors (Lipinski definition) is 6. The van der Waals surface area contributed by atoms with Crippen molar-refractivity contribution >= 4 is 17.6 Å². The van der Waals surface area contributed by atoms with E-state index in [2.05, 4.69) is 4.98 Å². The molecule has 2 N–H and O–H groups in total. The highest BCUT2D eigenvalue weighted by molar-refractivity contribution is 6.30. The van der Waals surface area contributed by atoms with Crippen molar-refractivity contribution in [3.63, 3.8) is 0 Å². The maximum atomic E-state index is 12.6. The summed E-state index contributed by atoms with van der Waals surface area (Å²) in [4.78, 5) is 16.9. The van der Waals surface area contributed by atoms with Crippen molar-refractivity contribution in [1.29, 1.82) is 10.5 Å². The van der Waals surface area contributed by atoms with Gasteiger partial charge in [0.25, 0.3) is 0 Å². The van der Waals surface area contributed by atoms with E-state index in [0.29, 0.717) is 16.7 Å². The number of ether oxygens (including phenoxy) is 1. The van der Waals surface area contributed by atoms with Crippen LogP contribution < -0.4 is 4.74 Å². The molecule has 3 aromatic rings. The predicted molar refractivity (Wildman–Crippen MR) is 116 cm³/mol. The number of rotatable bonds is 3. The molecule has 5 rings (SSSR count). The summed E-state index contributed by atoms with van der Waals surface area (Å²) in [7, 11) is 0. The smallest absolute Gasteiger partial charge is 0.308 e. The summed E-state index contributed by atoms with van der Waals surface area (Å²) >= 11 is 6.14. The summed E-state index contributed by atoms with van der Waals surface area (Å²) in [6, 6.07) is 20.8. The van der Waals surface area contributed by atoms with Gasteiger partial charge in [0.15, 0.2) is 11.2 Å². The van der Waals surface area contributed by atoms with Crippen molar-refractivity contribution in [1.82, 2.24) is 4.98 Å². The van der Waals surface area contributed by atoms with E-state index in [1.54, 1.807) is 54.6 Å². The van der Waals surface area contributed by atoms with Crippen LogP contribution in [0.2, 0.25) is 5.02 Å². The maximum Gasteiger partial charge on any atom is 0.308 e. The average molecular weight is 458 g/mol. The topological polar surface area (TPSA) is 127 Å². The van der Waals surface area contributed by atoms with Crippen LogP contribution in [0.25, 0.3) is 0 Å². The van der Waals surface area contributed by atoms with E-state index in [0.717, 1.165) is 0 Å². The molecule has 0 saturated heterocycles. The molecule has 1 fully saturated rings. The second-order valence-corrected chi connectivity index (χ2v) is 8.59. The number of aliphatic carboxylic acids is 1. The Morgan fingerprint density at radius 1 is 1.12 bits per heavy atom. The van der Waals surface area contributed by atoms with Crippen LogP contribution in [-0.2, 0) is 16.0 Å². The first kappa shape index (κ1) is 21.0. The van der Waals surface area contributed by atoms with Gasteiger partial charge in [-0.05, 0) is 23.3 Å². The van der Waals surface area contributed by atoms with Crippen molar-refractivity contribution in [2.45, 2.75) is 17.1 Å². The summed E-state index contributed by atoms with van der Waals surface area (Å²) < 4.78 is 6.45. The van der Waals surface area contributed by atoms with Crippen LogP contribution in [0, 0.1) is 34.5 Å². The van der Waals surface area contributed by atoms with Crippen LogP contribution >= 0.6 is 11.6 Å². The molecule has 1 aliphatic carbocycles. The van der Waals surface area contributed by atoms with E-state index >= 15 is 0 Å². The molecule has 7 nitrogen and oxygen atoms in total. The van der Waals surface area contributed by atoms with Gasteiger partial charge in [0, 0.05) is 18.2 Å². The normalized spacial score (nSPS) is 29.3. The lowest BCUT2D eigenvalue weighted by Crippen LogP contribution is -2.50. The first-order valence-electron chi connectivity index (χ1n) is 10.1. The Labute approximate surface area is 194 Å². The van der Waals surface area contributed by atoms with Gasteiger partial charge in [-0.1, -0.05) is 54.1 Å². The summed E-state index contributed by atoms with van der Waals surface area (Å²) in [5.74, 6) is -4.69. The molecule has 8 heteroatoms. The molecule has 2 heterocycles. The molecule has 5 atom stereocenters. The van der Waals surface area contributed by atoms with Crippen LogP contribution in [0.1, 0.15) is 28.3 Å². The lowest BCUT2D eigenvalue weighted by atomic mass is 9.71. The fraction of sp³-hybridized carbons (Fsp3) is 0.200. The van der Waals surface area contributed by atoms with Gasteiger partial charge in [-0.25, -0.2) is 0 Å². The monoisotopic (exact) mass is 457 g/mol. The highest BCUT2D eigenvalue weighted by Crippen LogP contribution is 2.70. The van der Waals surface area contributed by atoms with Gasteiger partial charge < -0.3 is 14.9 Å². The van der Waals surface area contributed by atoms with E-state index in [4.69, 9.17) is 16.3 Å². The lowest BCUT2D eigenvalue weighted by Gasteiger charge is -2.40. The zero-order valence-electron chi connectivity index (χ0n) is 17.0. The fourth-order valence-electron chi connectivity index (χ4n) is 5.41. The number of carboxylic acid groups (broad SMARTS) is 1. The Kier molecular flexibility index (Phi) is 4.65. The Bertz CT molecular complexity index is 1350. The number of fused-ring (bicyclic) bond motifs is 3. The van der Waals surface area contributed by atoms with Gasteiger partial charge in [-0.3, -0.25) is 9.78 Å². The van der Waals surface area contributed by atoms with Gasteiger partial charge >= 0.3 is 5.97 Å². The van der Waals surface area contributed by atoms with E-state index in [-0.39, 0.29) is 16.5 Å². The minimum atomic E-state index is -2.10. The molecular weight excluding hydrogens is 442 g/mol. The van der Waals surface area contributed by atoms with E-state index < -0.39 is 34.9 Å². The first-order valence-corrected chi connectivity index (χ1v) is 10.5. The zero-order chi connectivity index (χ0) is 23.4. The van der Waals surface area contributed by atoms with Crippen molar-refractivity contribution < 1.29 is 19.7 Å². The molecule has 1 aliphatic heterocycles. The minimum Gasteiger partial charge on any atom is -0.481 e. The predicted octanol–water partition coefficient (Wildman–Crippen LogP) is 3.72. The summed E-state index contributed by atoms with van der Waals surface area (Å²) in [5, 5.41) is 42.3. The summed E-state index contributed by atoms with van der Waals surface area (Å²) in [6.07, 6.45) is 1.33. The third kappa shape index (κ3) is 2.64. The quantitative estimate of drug-likeness (QED) is 0.613. The van der Waals surface area contributed by atoms with Gasteiger partial charge in [0.1, 0.15) is 11.4 Å². The Balaban J connectivity index is 1.90. The molecule has 2 aromatic carbocycles. The molecule has 1 aromatic heterocycles. The molecule has 162 valence electrons. The van der Waals surface area contributed by atoms with E-state index in [1.165, 1.54) is 12.3 Å². The molecule has 0 spiro atoms. The molecule has 0 radical (unpaired) electrons. The Hall–Kier alpha value is -3.91. The van der Waals surface area contributed by atoms with Crippen molar-refractivity contribution in [2.24, 2.45) is 11.8 Å². The number of hydrogen-bond donors (Lipinski definition) is 2. The number of aliphatic hydroxyl groups is 1. The van der Waals surface area contributed by atoms with Crippen LogP contribution in [0.15, 0.2) is 66.9 Å². The number of nitriles is 2. The van der Waals surface area contributed by atoms with Crippen molar-refractivity contribution in [3.8, 4) is 17.9 Å². The summed E-state index contributed by atoms with van der Waals surface area (Å²) in [6.45, 7) is 0. The SMILES string of the molecule is N#Cc1ccc([C@@]23Oc4cc(Cl)cnc4[C@]2(O)[C@@H](C#N)[C@H](C(=O)O)[C@H]3c2ccccc2)cc1. The number of nitrogens with zero attached hydrogens (tertiary/aromatic N) is 3. The number of pyridine rings is 1. The van der Waals surface area contributed by atoms with E-state index in [1.807, 2.05) is 12.1 Å². The highest BCUT2D eigenvalue weighted by atomic mass is 35.5. The van der Waals surface area contributed by atoms with Crippen molar-refractivity contribution in [2.75, 3.05) is 0 Å². The molecule has 0 bridgehead atoms. The van der Waals surface area contributed by atoms with E-state index in [9.17, 15) is 25.5 Å². The Morgan fingerprint density at radius 3 is 2.42 bits per heavy atom. The third-order valence-corrected chi connectivity index (χ3v) is 6.86. The standard InChI is InChI=1S/C25H16ClN3O4/c26-17-10-19-22(29-13-17)24(32)18(12-28)20(23(30)31)21(15-4-2-1-3-5-15)25(24,33-19)16-8-6-14(11-27)7-9-16/h1-10,13,18,20-21,32H,(H,30,31)/t18-,20-,21+,24+,25-/m0/s1. The second-order valence-electron chi connectivity index (χ2n) is 8.15. The average Bonchev–Trinajstić information content (AvgIpc) is 3.21. The molecule has 1 saturated carbocycles. The van der Waals surface area contributed by atoms with Crippen LogP contribution in [-0.4, -0.2) is 21.2 Å². The number of aromatic nitrogens is 1. The maximum absolute atomic E-state index is 12.6. The van der Waals surface area contributed by atoms with Gasteiger partial charge in [-0.2, -0.15) is 10.5 Å². The first-order chi connectivity index (χ1) is 15.9. The third-order valence-electron chi connectivity index (χ3n) is 6.65. The molecule has 0 amide bonds. The molecular formula is C25H16ClN3O4. The fourth-order valence-corrected chi connectivity index (χ4v) is 5.56. The molecule has 2 aliphatic rings. The molecule has 0 unspecified atom stereocenters. The van der Waals surface area contributed by atoms with Crippen molar-refractivity contribution in [3.05, 3.63) is 94.3 Å². The highest BCUT2D eigenvalue weighted by Gasteiger charge is 2.78. The number of carbonyl (C=O) groups is 1. The summed E-state index contributed by atoms with van der Waals surface area (Å²) in [5.41, 5.74) is -2.34. The van der Waals surface area contributed by atoms with Crippen LogP contribution in [0.3, 0.4) is 0 Å². The second kappa shape index (κ2) is 7.31. The number of halogens is 1. The van der Waals surface area contributed by atoms with Gasteiger partial charge in [0.05, 0.1) is 34.6 Å². The Morgan fingerprint density at radius 2 is 1.82 bits per heavy atom. The van der Waals surface area contributed by atoms with Gasteiger partial charge in [-0.15, -0.1) is 0 Å². The molecule has 33 heavy (non-hydrogen) atoms. The van der Waals surface area contributed by atoms with Gasteiger partial charge in [0.2, 0.25) is 0 Å². The lowest BCUT2D eigenvalue weighted by molar-refractivity contribution is -0.144. The minimum absolute atomic E-state index is 0.0625. The van der Waals surface area contributed by atoms with Crippen LogP contribution in [0.4, 0.5) is 0 Å². The zero-order valence-corrected chi connectivity index (χ0v) is 17.8.